The van der Waals surface area contributed by atoms with Crippen molar-refractivity contribution in [2.45, 2.75) is 58.3 Å². The maximum Gasteiger partial charge on any atom is 0.0968 e. The minimum Gasteiger partial charge on any atom is -0.254 e. The van der Waals surface area contributed by atoms with E-state index in [9.17, 15) is 0 Å². The van der Waals surface area contributed by atoms with Gasteiger partial charge in [0.05, 0.1) is 11.0 Å². The van der Waals surface area contributed by atoms with Crippen molar-refractivity contribution in [1.29, 1.82) is 0 Å². The van der Waals surface area contributed by atoms with E-state index >= 15 is 0 Å². The van der Waals surface area contributed by atoms with E-state index < -0.39 is 0 Å². The van der Waals surface area contributed by atoms with E-state index in [-0.39, 0.29) is 0 Å². The van der Waals surface area contributed by atoms with Gasteiger partial charge in [0.2, 0.25) is 0 Å². The molecule has 3 aliphatic carbocycles. The molecular weight excluding hydrogens is 304 g/mol. The molecule has 1 unspecified atom stereocenters. The van der Waals surface area contributed by atoms with Gasteiger partial charge in [-0.3, -0.25) is 4.98 Å². The predicted molar refractivity (Wildman–Crippen MR) is 104 cm³/mol. The van der Waals surface area contributed by atoms with Crippen molar-refractivity contribution in [2.24, 2.45) is 11.3 Å². The minimum absolute atomic E-state index is 0.426. The van der Waals surface area contributed by atoms with E-state index in [0.29, 0.717) is 17.3 Å². The lowest BCUT2D eigenvalue weighted by molar-refractivity contribution is -0.0100. The number of fused-ring (bicyclic) bond motifs is 3. The van der Waals surface area contributed by atoms with Crippen LogP contribution in [0.25, 0.3) is 21.8 Å². The molecule has 128 valence electrons. The zero-order valence-corrected chi connectivity index (χ0v) is 15.4. The van der Waals surface area contributed by atoms with Gasteiger partial charge in [0.1, 0.15) is 0 Å². The molecule has 1 aromatic carbocycles. The molecule has 0 N–H and O–H groups in total. The van der Waals surface area contributed by atoms with Crippen molar-refractivity contribution in [3.8, 4) is 0 Å². The summed E-state index contributed by atoms with van der Waals surface area (Å²) in [4.78, 5) is 9.90. The van der Waals surface area contributed by atoms with E-state index in [1.807, 2.05) is 12.3 Å². The van der Waals surface area contributed by atoms with Crippen LogP contribution in [-0.4, -0.2) is 9.97 Å². The summed E-state index contributed by atoms with van der Waals surface area (Å²) >= 11 is 0. The molecule has 1 fully saturated rings. The summed E-state index contributed by atoms with van der Waals surface area (Å²) in [5.41, 5.74) is 5.49. The van der Waals surface area contributed by atoms with Crippen molar-refractivity contribution < 1.29 is 0 Å². The van der Waals surface area contributed by atoms with Gasteiger partial charge in [-0.15, -0.1) is 0 Å². The fourth-order valence-electron chi connectivity index (χ4n) is 5.50. The molecular formula is C23H26N2. The van der Waals surface area contributed by atoms with Crippen molar-refractivity contribution in [2.75, 3.05) is 0 Å². The molecule has 3 aliphatic rings. The maximum absolute atomic E-state index is 5.26. The molecule has 0 radical (unpaired) electrons. The second kappa shape index (κ2) is 5.27. The van der Waals surface area contributed by atoms with E-state index in [2.05, 4.69) is 50.0 Å². The number of unbranched alkanes of at least 4 members (excludes halogenated alkanes) is 1. The van der Waals surface area contributed by atoms with Crippen molar-refractivity contribution in [3.63, 3.8) is 0 Å². The van der Waals surface area contributed by atoms with Crippen LogP contribution in [0.2, 0.25) is 0 Å². The van der Waals surface area contributed by atoms with E-state index in [0.717, 1.165) is 17.0 Å². The van der Waals surface area contributed by atoms with Crippen molar-refractivity contribution >= 4 is 21.8 Å². The summed E-state index contributed by atoms with van der Waals surface area (Å²) in [6.07, 6.45) is 7.09. The van der Waals surface area contributed by atoms with Crippen LogP contribution in [-0.2, 0) is 0 Å². The van der Waals surface area contributed by atoms with Crippen LogP contribution in [0.1, 0.15) is 69.5 Å². The Morgan fingerprint density at radius 1 is 1.12 bits per heavy atom. The summed E-state index contributed by atoms with van der Waals surface area (Å²) in [6, 6.07) is 11.0. The first-order valence-corrected chi connectivity index (χ1v) is 9.79. The fraction of sp³-hybridized carbons (Fsp3) is 0.478. The summed E-state index contributed by atoms with van der Waals surface area (Å²) in [5, 5.41) is 2.44. The first-order chi connectivity index (χ1) is 12.1. The van der Waals surface area contributed by atoms with Crippen LogP contribution in [0, 0.1) is 11.3 Å². The van der Waals surface area contributed by atoms with Gasteiger partial charge in [-0.2, -0.15) is 0 Å². The predicted octanol–water partition coefficient (Wildman–Crippen LogP) is 6.20. The standard InChI is InChI=1S/C23H26N2/c1-4-5-8-16-18-13-19(23(18,2)3)17-12-15-10-9-14-7-6-11-24-20(14)21(15)25-22(16)17/h6-7,9-12,16,18-19H,4-5,8,13H2,1-3H3/t16?,18-,19+/m0/s1. The number of pyridine rings is 2. The smallest absolute Gasteiger partial charge is 0.0968 e. The number of rotatable bonds is 3. The molecule has 0 spiro atoms. The SMILES string of the molecule is CCCCC1c2nc3c(ccc4cccnc43)cc2[C@H]2C[C@@H]1C2(C)C. The molecule has 2 bridgehead atoms. The number of nitrogens with zero attached hydrogens (tertiary/aromatic N) is 2. The number of hydrogen-bond acceptors (Lipinski definition) is 2. The zero-order chi connectivity index (χ0) is 17.2. The largest absolute Gasteiger partial charge is 0.254 e. The average molecular weight is 330 g/mol. The van der Waals surface area contributed by atoms with Gasteiger partial charge < -0.3 is 0 Å². The van der Waals surface area contributed by atoms with Gasteiger partial charge in [-0.05, 0) is 47.8 Å². The minimum atomic E-state index is 0.426. The second-order valence-electron chi connectivity index (χ2n) is 8.64. The Kier molecular flexibility index (Phi) is 3.22. The highest BCUT2D eigenvalue weighted by atomic mass is 14.8. The number of benzene rings is 1. The summed E-state index contributed by atoms with van der Waals surface area (Å²) < 4.78 is 0. The lowest BCUT2D eigenvalue weighted by Gasteiger charge is -2.60. The van der Waals surface area contributed by atoms with Gasteiger partial charge in [-0.1, -0.05) is 51.8 Å². The highest BCUT2D eigenvalue weighted by Gasteiger charge is 2.57. The molecule has 25 heavy (non-hydrogen) atoms. The topological polar surface area (TPSA) is 25.8 Å². The molecule has 3 atom stereocenters. The van der Waals surface area contributed by atoms with E-state index in [4.69, 9.17) is 4.98 Å². The molecule has 2 aromatic heterocycles. The number of hydrogen-bond donors (Lipinski definition) is 0. The second-order valence-corrected chi connectivity index (χ2v) is 8.64. The van der Waals surface area contributed by atoms with Crippen molar-refractivity contribution in [3.05, 3.63) is 47.8 Å². The first kappa shape index (κ1) is 15.3. The van der Waals surface area contributed by atoms with Gasteiger partial charge in [-0.25, -0.2) is 4.98 Å². The lowest BCUT2D eigenvalue weighted by atomic mass is 9.44. The van der Waals surface area contributed by atoms with E-state index in [1.165, 1.54) is 47.7 Å². The molecule has 0 aliphatic heterocycles. The highest BCUT2D eigenvalue weighted by Crippen LogP contribution is 2.67. The Balaban J connectivity index is 1.76. The molecule has 0 saturated heterocycles. The van der Waals surface area contributed by atoms with Crippen LogP contribution in [0.3, 0.4) is 0 Å². The Bertz CT molecular complexity index is 972. The van der Waals surface area contributed by atoms with Gasteiger partial charge >= 0.3 is 0 Å². The Morgan fingerprint density at radius 3 is 2.76 bits per heavy atom. The third-order valence-corrected chi connectivity index (χ3v) is 7.04. The third kappa shape index (κ3) is 2.03. The van der Waals surface area contributed by atoms with Gasteiger partial charge in [0.15, 0.2) is 0 Å². The molecule has 3 aromatic rings. The summed E-state index contributed by atoms with van der Waals surface area (Å²) in [5.74, 6) is 2.10. The quantitative estimate of drug-likeness (QED) is 0.534. The number of aromatic nitrogens is 2. The van der Waals surface area contributed by atoms with Crippen LogP contribution in [0.5, 0.6) is 0 Å². The Morgan fingerprint density at radius 2 is 1.96 bits per heavy atom. The molecule has 2 nitrogen and oxygen atoms in total. The molecule has 1 saturated carbocycles. The molecule has 2 heteroatoms. The maximum atomic E-state index is 5.26. The Hall–Kier alpha value is -1.96. The van der Waals surface area contributed by atoms with Crippen molar-refractivity contribution in [1.82, 2.24) is 9.97 Å². The Labute approximate surface area is 149 Å². The molecule has 6 rings (SSSR count). The monoisotopic (exact) mass is 330 g/mol. The zero-order valence-electron chi connectivity index (χ0n) is 15.4. The first-order valence-electron chi connectivity index (χ1n) is 9.79. The highest BCUT2D eigenvalue weighted by molar-refractivity contribution is 6.02. The molecule has 2 heterocycles. The van der Waals surface area contributed by atoms with Crippen LogP contribution >= 0.6 is 0 Å². The normalized spacial score (nSPS) is 26.4. The molecule has 0 amide bonds. The van der Waals surface area contributed by atoms with Crippen LogP contribution < -0.4 is 0 Å². The average Bonchev–Trinajstić information content (AvgIpc) is 2.63. The third-order valence-electron chi connectivity index (χ3n) is 7.04. The van der Waals surface area contributed by atoms with Crippen LogP contribution in [0.15, 0.2) is 36.5 Å². The summed E-state index contributed by atoms with van der Waals surface area (Å²) in [6.45, 7) is 7.24. The van der Waals surface area contributed by atoms with E-state index in [1.54, 1.807) is 0 Å². The van der Waals surface area contributed by atoms with Gasteiger partial charge in [0, 0.05) is 28.6 Å². The fourth-order valence-corrected chi connectivity index (χ4v) is 5.50. The summed E-state index contributed by atoms with van der Waals surface area (Å²) in [7, 11) is 0. The lowest BCUT2D eigenvalue weighted by Crippen LogP contribution is -2.50. The van der Waals surface area contributed by atoms with Gasteiger partial charge in [0.25, 0.3) is 0 Å². The van der Waals surface area contributed by atoms with Crippen LogP contribution in [0.4, 0.5) is 0 Å².